The molecule has 0 spiro atoms. The largest absolute Gasteiger partial charge is 0.0887 e. The maximum atomic E-state index is 3.86. The zero-order chi connectivity index (χ0) is 7.59. The third-order valence-corrected chi connectivity index (χ3v) is 6.31. The van der Waals surface area contributed by atoms with Crippen molar-refractivity contribution in [2.75, 3.05) is 0 Å². The second-order valence-electron chi connectivity index (χ2n) is 4.34. The van der Waals surface area contributed by atoms with Crippen LogP contribution in [0.3, 0.4) is 0 Å². The Morgan fingerprint density at radius 3 is 2.45 bits per heavy atom. The lowest BCUT2D eigenvalue weighted by atomic mass is 9.84. The van der Waals surface area contributed by atoms with Gasteiger partial charge in [0.2, 0.25) is 0 Å². The summed E-state index contributed by atoms with van der Waals surface area (Å²) in [5.41, 5.74) is 0. The highest BCUT2D eigenvalue weighted by Crippen LogP contribution is 2.66. The monoisotopic (exact) mass is 278 g/mol. The summed E-state index contributed by atoms with van der Waals surface area (Å²) in [6.07, 6.45) is 4.44. The summed E-state index contributed by atoms with van der Waals surface area (Å²) < 4.78 is 0. The molecule has 2 heteroatoms. The number of hydrogen-bond acceptors (Lipinski definition) is 0. The lowest BCUT2D eigenvalue weighted by Gasteiger charge is -2.32. The molecule has 0 N–H and O–H groups in total. The Kier molecular flexibility index (Phi) is 1.51. The summed E-state index contributed by atoms with van der Waals surface area (Å²) in [6, 6.07) is 0. The maximum Gasteiger partial charge on any atom is 0.0218 e. The van der Waals surface area contributed by atoms with Crippen LogP contribution in [0.25, 0.3) is 0 Å². The highest BCUT2D eigenvalue weighted by molar-refractivity contribution is 9.10. The first-order valence-electron chi connectivity index (χ1n) is 4.57. The molecule has 3 fully saturated rings. The highest BCUT2D eigenvalue weighted by Gasteiger charge is 2.62. The molecule has 0 aromatic carbocycles. The first-order valence-corrected chi connectivity index (χ1v) is 6.40. The molecular weight excluding hydrogens is 268 g/mol. The number of halogens is 2. The lowest BCUT2D eigenvalue weighted by molar-refractivity contribution is 0.332. The molecule has 62 valence electrons. The van der Waals surface area contributed by atoms with E-state index in [1.54, 1.807) is 0 Å². The summed E-state index contributed by atoms with van der Waals surface area (Å²) in [4.78, 5) is 1.67. The highest BCUT2D eigenvalue weighted by atomic mass is 79.9. The summed E-state index contributed by atoms with van der Waals surface area (Å²) in [5, 5.41) is 0. The fraction of sp³-hybridized carbons (Fsp3) is 1.00. The SMILES string of the molecule is Br[C@@H]1CC2C3[C@H]2CC[C@H]1[C@H]3Br. The van der Waals surface area contributed by atoms with E-state index < -0.39 is 0 Å². The van der Waals surface area contributed by atoms with Crippen molar-refractivity contribution < 1.29 is 0 Å². The molecule has 0 radical (unpaired) electrons. The van der Waals surface area contributed by atoms with E-state index in [9.17, 15) is 0 Å². The average Bonchev–Trinajstić information content (AvgIpc) is 2.64. The topological polar surface area (TPSA) is 0 Å². The fourth-order valence-electron chi connectivity index (χ4n) is 3.33. The van der Waals surface area contributed by atoms with Crippen LogP contribution in [-0.2, 0) is 0 Å². The number of alkyl halides is 2. The van der Waals surface area contributed by atoms with Gasteiger partial charge in [-0.2, -0.15) is 0 Å². The molecule has 3 aliphatic rings. The Morgan fingerprint density at radius 1 is 0.909 bits per heavy atom. The Morgan fingerprint density at radius 2 is 1.64 bits per heavy atom. The Hall–Kier alpha value is 0.960. The van der Waals surface area contributed by atoms with Gasteiger partial charge in [0.1, 0.15) is 0 Å². The van der Waals surface area contributed by atoms with Gasteiger partial charge in [-0.05, 0) is 42.9 Å². The maximum absolute atomic E-state index is 3.86. The van der Waals surface area contributed by atoms with Crippen molar-refractivity contribution in [3.8, 4) is 0 Å². The van der Waals surface area contributed by atoms with E-state index in [4.69, 9.17) is 0 Å². The molecule has 3 aliphatic carbocycles. The predicted octanol–water partition coefficient (Wildman–Crippen LogP) is 3.19. The first-order chi connectivity index (χ1) is 5.29. The third-order valence-electron chi connectivity index (χ3n) is 3.97. The van der Waals surface area contributed by atoms with Gasteiger partial charge in [-0.3, -0.25) is 0 Å². The van der Waals surface area contributed by atoms with Crippen molar-refractivity contribution in [2.45, 2.75) is 28.9 Å². The minimum atomic E-state index is 0.820. The molecule has 0 aromatic rings. The number of rotatable bonds is 0. The number of fused-ring (bicyclic) bond motifs is 2. The molecule has 0 amide bonds. The van der Waals surface area contributed by atoms with Crippen LogP contribution >= 0.6 is 31.9 Å². The molecule has 3 saturated carbocycles. The van der Waals surface area contributed by atoms with Gasteiger partial charge in [0, 0.05) is 9.65 Å². The van der Waals surface area contributed by atoms with Gasteiger partial charge in [0.15, 0.2) is 0 Å². The second-order valence-corrected chi connectivity index (χ2v) is 6.58. The van der Waals surface area contributed by atoms with Crippen LogP contribution in [0, 0.1) is 23.7 Å². The van der Waals surface area contributed by atoms with Gasteiger partial charge < -0.3 is 0 Å². The minimum Gasteiger partial charge on any atom is -0.0887 e. The fourth-order valence-corrected chi connectivity index (χ4v) is 6.18. The average molecular weight is 280 g/mol. The molecule has 0 saturated heterocycles. The molecule has 0 nitrogen and oxygen atoms in total. The summed E-state index contributed by atoms with van der Waals surface area (Å²) >= 11 is 7.68. The Labute approximate surface area is 84.4 Å². The summed E-state index contributed by atoms with van der Waals surface area (Å²) in [7, 11) is 0. The van der Waals surface area contributed by atoms with Gasteiger partial charge in [-0.1, -0.05) is 31.9 Å². The van der Waals surface area contributed by atoms with E-state index in [-0.39, 0.29) is 0 Å². The molecule has 2 unspecified atom stereocenters. The van der Waals surface area contributed by atoms with Gasteiger partial charge in [0.05, 0.1) is 0 Å². The van der Waals surface area contributed by atoms with Crippen LogP contribution in [0.15, 0.2) is 0 Å². The quantitative estimate of drug-likeness (QED) is 0.598. The van der Waals surface area contributed by atoms with Crippen LogP contribution in [-0.4, -0.2) is 9.65 Å². The standard InChI is InChI=1S/C9H12Br2/c10-7-3-6-4-1-2-5(7)9(11)8(4)6/h4-9H,1-3H2/t4-,5+,6?,7+,8?,9+/m0/s1. The van der Waals surface area contributed by atoms with E-state index in [1.165, 1.54) is 19.3 Å². The Bertz CT molecular complexity index is 192. The molecule has 0 heterocycles. The van der Waals surface area contributed by atoms with Gasteiger partial charge in [-0.25, -0.2) is 0 Å². The molecule has 0 aromatic heterocycles. The van der Waals surface area contributed by atoms with Crippen molar-refractivity contribution in [3.05, 3.63) is 0 Å². The van der Waals surface area contributed by atoms with Crippen molar-refractivity contribution in [1.82, 2.24) is 0 Å². The second kappa shape index (κ2) is 2.25. The zero-order valence-corrected chi connectivity index (χ0v) is 9.51. The van der Waals surface area contributed by atoms with E-state index in [0.717, 1.165) is 33.3 Å². The molecule has 0 aliphatic heterocycles. The van der Waals surface area contributed by atoms with Crippen molar-refractivity contribution in [1.29, 1.82) is 0 Å². The third kappa shape index (κ3) is 0.861. The van der Waals surface area contributed by atoms with Gasteiger partial charge in [-0.15, -0.1) is 0 Å². The van der Waals surface area contributed by atoms with Gasteiger partial charge in [0.25, 0.3) is 0 Å². The van der Waals surface area contributed by atoms with Crippen molar-refractivity contribution in [3.63, 3.8) is 0 Å². The first kappa shape index (κ1) is 7.37. The van der Waals surface area contributed by atoms with E-state index in [2.05, 4.69) is 31.9 Å². The van der Waals surface area contributed by atoms with Crippen LogP contribution in [0.5, 0.6) is 0 Å². The van der Waals surface area contributed by atoms with Gasteiger partial charge >= 0.3 is 0 Å². The molecule has 3 rings (SSSR count). The van der Waals surface area contributed by atoms with Crippen molar-refractivity contribution >= 4 is 31.9 Å². The molecule has 6 atom stereocenters. The Balaban J connectivity index is 1.93. The predicted molar refractivity (Wildman–Crippen MR) is 53.2 cm³/mol. The summed E-state index contributed by atoms with van der Waals surface area (Å²) in [5.74, 6) is 4.21. The molecular formula is C9H12Br2. The number of hydrogen-bond donors (Lipinski definition) is 0. The van der Waals surface area contributed by atoms with E-state index >= 15 is 0 Å². The van der Waals surface area contributed by atoms with Crippen LogP contribution in [0.4, 0.5) is 0 Å². The zero-order valence-electron chi connectivity index (χ0n) is 6.34. The van der Waals surface area contributed by atoms with E-state index in [1.807, 2.05) is 0 Å². The normalized spacial score (nSPS) is 66.0. The molecule has 11 heavy (non-hydrogen) atoms. The van der Waals surface area contributed by atoms with Crippen LogP contribution in [0.1, 0.15) is 19.3 Å². The summed E-state index contributed by atoms with van der Waals surface area (Å²) in [6.45, 7) is 0. The van der Waals surface area contributed by atoms with Crippen LogP contribution in [0.2, 0.25) is 0 Å². The molecule has 2 bridgehead atoms. The lowest BCUT2D eigenvalue weighted by Crippen LogP contribution is -2.32. The van der Waals surface area contributed by atoms with Crippen LogP contribution < -0.4 is 0 Å². The van der Waals surface area contributed by atoms with E-state index in [0.29, 0.717) is 0 Å². The minimum absolute atomic E-state index is 0.820. The smallest absolute Gasteiger partial charge is 0.0218 e. The van der Waals surface area contributed by atoms with Crippen molar-refractivity contribution in [2.24, 2.45) is 23.7 Å².